The number of thiazole rings is 2. The zero-order valence-corrected chi connectivity index (χ0v) is 13.2. The number of hydrogen-bond acceptors (Lipinski definition) is 6. The van der Waals surface area contributed by atoms with Gasteiger partial charge in [-0.05, 0) is 31.9 Å². The first-order valence-electron chi connectivity index (χ1n) is 4.54. The van der Waals surface area contributed by atoms with E-state index in [1.165, 1.54) is 22.7 Å². The second kappa shape index (κ2) is 4.25. The van der Waals surface area contributed by atoms with Gasteiger partial charge >= 0.3 is 0 Å². The van der Waals surface area contributed by atoms with Gasteiger partial charge in [0.15, 0.2) is 7.83 Å². The van der Waals surface area contributed by atoms with Gasteiger partial charge in [-0.15, -0.1) is 22.7 Å². The molecule has 0 amide bonds. The van der Waals surface area contributed by atoms with Crippen LogP contribution in [-0.2, 0) is 0 Å². The quantitative estimate of drug-likeness (QED) is 0.536. The van der Waals surface area contributed by atoms with Gasteiger partial charge in [0.1, 0.15) is 17.7 Å². The molecular formula is C10Br2N4S2. The van der Waals surface area contributed by atoms with E-state index >= 15 is 0 Å². The summed E-state index contributed by atoms with van der Waals surface area (Å²) in [6.07, 6.45) is 0. The summed E-state index contributed by atoms with van der Waals surface area (Å²) in [4.78, 5) is 10.6. The second-order valence-corrected chi connectivity index (χ2v) is 7.81. The number of halogens is 2. The van der Waals surface area contributed by atoms with E-state index in [9.17, 15) is 0 Å². The lowest BCUT2D eigenvalue weighted by Crippen LogP contribution is -1.89. The van der Waals surface area contributed by atoms with Gasteiger partial charge < -0.3 is 0 Å². The van der Waals surface area contributed by atoms with Crippen LogP contribution in [0.15, 0.2) is 13.4 Å². The van der Waals surface area contributed by atoms with Gasteiger partial charge in [0.25, 0.3) is 0 Å². The van der Waals surface area contributed by atoms with Crippen LogP contribution < -0.4 is 0 Å². The second-order valence-electron chi connectivity index (χ2n) is 3.26. The molecule has 0 saturated carbocycles. The van der Waals surface area contributed by atoms with E-state index in [0.717, 1.165) is 17.6 Å². The molecule has 4 nitrogen and oxygen atoms in total. The molecule has 0 spiro atoms. The Morgan fingerprint density at radius 1 is 0.944 bits per heavy atom. The molecule has 0 saturated heterocycles. The number of rotatable bonds is 0. The molecule has 0 radical (unpaired) electrons. The molecule has 0 bridgehead atoms. The molecule has 18 heavy (non-hydrogen) atoms. The molecule has 0 N–H and O–H groups in total. The molecule has 0 aliphatic heterocycles. The molecule has 8 heteroatoms. The number of allylic oxidation sites excluding steroid dienone is 1. The minimum atomic E-state index is 0.0469. The van der Waals surface area contributed by atoms with Crippen molar-refractivity contribution in [2.45, 2.75) is 0 Å². The summed E-state index contributed by atoms with van der Waals surface area (Å²) in [7, 11) is 0. The Kier molecular flexibility index (Phi) is 2.83. The highest BCUT2D eigenvalue weighted by Gasteiger charge is 2.34. The van der Waals surface area contributed by atoms with E-state index in [0.29, 0.717) is 17.0 Å². The van der Waals surface area contributed by atoms with Gasteiger partial charge in [-0.25, -0.2) is 9.97 Å². The molecule has 0 unspecified atom stereocenters. The Hall–Kier alpha value is -1.06. The van der Waals surface area contributed by atoms with Crippen LogP contribution in [0.5, 0.6) is 0 Å². The fourth-order valence-electron chi connectivity index (χ4n) is 1.72. The van der Waals surface area contributed by atoms with Crippen molar-refractivity contribution in [3.8, 4) is 21.9 Å². The standard InChI is InChI=1S/C10Br2N4S2/c11-9-15-5-4(3(1-13)2-14)6-8(7(5)17-9)18-10(12)16-6. The SMILES string of the molecule is N#CC(C#N)=C1c2nc(Br)sc2-c2sc(Br)nc21. The van der Waals surface area contributed by atoms with Crippen LogP contribution in [0.1, 0.15) is 11.4 Å². The topological polar surface area (TPSA) is 73.4 Å². The fourth-order valence-corrected chi connectivity index (χ4v) is 4.77. The summed E-state index contributed by atoms with van der Waals surface area (Å²) >= 11 is 9.61. The molecular weight excluding hydrogens is 400 g/mol. The number of hydrogen-bond donors (Lipinski definition) is 0. The molecule has 2 heterocycles. The maximum atomic E-state index is 9.05. The minimum absolute atomic E-state index is 0.0469. The zero-order valence-electron chi connectivity index (χ0n) is 8.36. The number of fused-ring (bicyclic) bond motifs is 3. The van der Waals surface area contributed by atoms with Crippen molar-refractivity contribution in [3.05, 3.63) is 24.8 Å². The molecule has 0 fully saturated rings. The summed E-state index contributed by atoms with van der Waals surface area (Å²) in [6, 6.07) is 3.82. The summed E-state index contributed by atoms with van der Waals surface area (Å²) in [5.41, 5.74) is 1.93. The lowest BCUT2D eigenvalue weighted by Gasteiger charge is -1.95. The van der Waals surface area contributed by atoms with Crippen LogP contribution in [0.25, 0.3) is 15.3 Å². The third kappa shape index (κ3) is 1.57. The van der Waals surface area contributed by atoms with Crippen molar-refractivity contribution in [1.82, 2.24) is 9.97 Å². The predicted molar refractivity (Wildman–Crippen MR) is 75.9 cm³/mol. The Morgan fingerprint density at radius 3 is 1.78 bits per heavy atom. The summed E-state index contributed by atoms with van der Waals surface area (Å²) in [5, 5.41) is 18.1. The Morgan fingerprint density at radius 2 is 1.39 bits per heavy atom. The highest BCUT2D eigenvalue weighted by atomic mass is 79.9. The summed E-state index contributed by atoms with van der Waals surface area (Å²) in [5.74, 6) is 0. The van der Waals surface area contributed by atoms with Gasteiger partial charge in [-0.3, -0.25) is 0 Å². The molecule has 86 valence electrons. The molecule has 0 aromatic carbocycles. The Balaban J connectivity index is 2.44. The van der Waals surface area contributed by atoms with Crippen molar-refractivity contribution in [1.29, 1.82) is 10.5 Å². The third-order valence-electron chi connectivity index (χ3n) is 2.36. The van der Waals surface area contributed by atoms with Crippen molar-refractivity contribution < 1.29 is 0 Å². The predicted octanol–water partition coefficient (Wildman–Crippen LogP) is 3.95. The van der Waals surface area contributed by atoms with E-state index < -0.39 is 0 Å². The summed E-state index contributed by atoms with van der Waals surface area (Å²) in [6.45, 7) is 0. The number of nitrogens with zero attached hydrogens (tertiary/aromatic N) is 4. The van der Waals surface area contributed by atoms with Crippen LogP contribution in [0.2, 0.25) is 0 Å². The highest BCUT2D eigenvalue weighted by molar-refractivity contribution is 9.11. The van der Waals surface area contributed by atoms with Gasteiger partial charge in [-0.1, -0.05) is 0 Å². The first-order chi connectivity index (χ1) is 8.65. The maximum Gasteiger partial charge on any atom is 0.160 e. The monoisotopic (exact) mass is 398 g/mol. The number of aromatic nitrogens is 2. The fraction of sp³-hybridized carbons (Fsp3) is 0. The molecule has 1 aliphatic rings. The van der Waals surface area contributed by atoms with Crippen molar-refractivity contribution in [3.63, 3.8) is 0 Å². The zero-order chi connectivity index (χ0) is 12.9. The number of nitriles is 2. The van der Waals surface area contributed by atoms with Gasteiger partial charge in [0, 0.05) is 0 Å². The molecule has 2 aromatic heterocycles. The van der Waals surface area contributed by atoms with Crippen LogP contribution in [-0.4, -0.2) is 9.97 Å². The van der Waals surface area contributed by atoms with E-state index in [1.54, 1.807) is 0 Å². The first kappa shape index (κ1) is 12.0. The van der Waals surface area contributed by atoms with Crippen LogP contribution in [0.4, 0.5) is 0 Å². The van der Waals surface area contributed by atoms with E-state index in [4.69, 9.17) is 10.5 Å². The lowest BCUT2D eigenvalue weighted by atomic mass is 10.1. The third-order valence-corrected chi connectivity index (χ3v) is 5.53. The van der Waals surface area contributed by atoms with E-state index in [-0.39, 0.29) is 5.57 Å². The largest absolute Gasteiger partial charge is 0.228 e. The first-order valence-corrected chi connectivity index (χ1v) is 7.76. The van der Waals surface area contributed by atoms with Crippen molar-refractivity contribution >= 4 is 60.1 Å². The van der Waals surface area contributed by atoms with Crippen molar-refractivity contribution in [2.24, 2.45) is 0 Å². The Bertz CT molecular complexity index is 724. The average Bonchev–Trinajstić information content (AvgIpc) is 2.94. The van der Waals surface area contributed by atoms with Crippen molar-refractivity contribution in [2.75, 3.05) is 0 Å². The lowest BCUT2D eigenvalue weighted by molar-refractivity contribution is 1.28. The Labute approximate surface area is 126 Å². The van der Waals surface area contributed by atoms with Gasteiger partial charge in [-0.2, -0.15) is 10.5 Å². The van der Waals surface area contributed by atoms with Crippen LogP contribution in [0, 0.1) is 22.7 Å². The maximum absolute atomic E-state index is 9.05. The normalized spacial score (nSPS) is 11.7. The minimum Gasteiger partial charge on any atom is -0.228 e. The van der Waals surface area contributed by atoms with Crippen LogP contribution in [0.3, 0.4) is 0 Å². The van der Waals surface area contributed by atoms with E-state index in [1.807, 2.05) is 12.1 Å². The van der Waals surface area contributed by atoms with Crippen LogP contribution >= 0.6 is 54.5 Å². The summed E-state index contributed by atoms with van der Waals surface area (Å²) < 4.78 is 1.46. The van der Waals surface area contributed by atoms with Gasteiger partial charge in [0.05, 0.1) is 26.7 Å². The van der Waals surface area contributed by atoms with Gasteiger partial charge in [0.2, 0.25) is 0 Å². The average molecular weight is 400 g/mol. The highest BCUT2D eigenvalue weighted by Crippen LogP contribution is 2.51. The molecule has 0 atom stereocenters. The molecule has 2 aromatic rings. The van der Waals surface area contributed by atoms with E-state index in [2.05, 4.69) is 41.8 Å². The molecule has 1 aliphatic carbocycles. The molecule has 3 rings (SSSR count). The smallest absolute Gasteiger partial charge is 0.160 e.